The van der Waals surface area contributed by atoms with Crippen molar-refractivity contribution in [2.75, 3.05) is 7.05 Å². The van der Waals surface area contributed by atoms with E-state index >= 15 is 0 Å². The first kappa shape index (κ1) is 16.9. The number of H-pyrrole nitrogens is 1. The highest BCUT2D eigenvalue weighted by atomic mass is 16.2. The van der Waals surface area contributed by atoms with Gasteiger partial charge in [-0.3, -0.25) is 4.79 Å². The molecule has 4 aromatic rings. The largest absolute Gasteiger partial charge is 0.340 e. The van der Waals surface area contributed by atoms with Crippen molar-refractivity contribution < 1.29 is 4.79 Å². The lowest BCUT2D eigenvalue weighted by atomic mass is 10.1. The van der Waals surface area contributed by atoms with E-state index in [1.807, 2.05) is 60.0 Å². The Kier molecular flexibility index (Phi) is 4.37. The molecule has 8 heteroatoms. The van der Waals surface area contributed by atoms with E-state index < -0.39 is 0 Å². The number of aromatic amines is 1. The number of imidazole rings is 1. The maximum absolute atomic E-state index is 12.9. The molecule has 0 saturated heterocycles. The van der Waals surface area contributed by atoms with Gasteiger partial charge in [0.25, 0.3) is 0 Å². The van der Waals surface area contributed by atoms with Crippen LogP contribution in [0.15, 0.2) is 54.9 Å². The summed E-state index contributed by atoms with van der Waals surface area (Å²) in [4.78, 5) is 19.0. The zero-order valence-corrected chi connectivity index (χ0v) is 15.1. The normalized spacial score (nSPS) is 12.2. The molecule has 0 aliphatic carbocycles. The standard InChI is InChI=1S/C19H19N7O/c1-13(26-12-20-16-8-3-4-9-17(16)26)19(27)25(2)11-14-6-5-7-15(10-14)18-21-23-24-22-18/h3-10,12-13H,11H2,1-2H3,(H,21,22,23,24). The van der Waals surface area contributed by atoms with Gasteiger partial charge < -0.3 is 9.47 Å². The van der Waals surface area contributed by atoms with Crippen molar-refractivity contribution in [3.63, 3.8) is 0 Å². The first-order valence-corrected chi connectivity index (χ1v) is 8.63. The molecule has 1 amide bonds. The van der Waals surface area contributed by atoms with E-state index in [1.54, 1.807) is 18.3 Å². The van der Waals surface area contributed by atoms with Crippen molar-refractivity contribution in [2.24, 2.45) is 0 Å². The topological polar surface area (TPSA) is 92.6 Å². The second kappa shape index (κ2) is 6.99. The number of fused-ring (bicyclic) bond motifs is 1. The van der Waals surface area contributed by atoms with Gasteiger partial charge in [0.2, 0.25) is 11.7 Å². The Labute approximate surface area is 155 Å². The first-order valence-electron chi connectivity index (χ1n) is 8.63. The number of nitrogens with one attached hydrogen (secondary N) is 1. The van der Waals surface area contributed by atoms with Gasteiger partial charge in [0.15, 0.2) is 0 Å². The van der Waals surface area contributed by atoms with Crippen LogP contribution in [0.1, 0.15) is 18.5 Å². The maximum atomic E-state index is 12.9. The predicted molar refractivity (Wildman–Crippen MR) is 101 cm³/mol. The van der Waals surface area contributed by atoms with Gasteiger partial charge in [-0.2, -0.15) is 5.21 Å². The number of aromatic nitrogens is 6. The fourth-order valence-corrected chi connectivity index (χ4v) is 3.17. The van der Waals surface area contributed by atoms with Crippen molar-refractivity contribution in [1.29, 1.82) is 0 Å². The van der Waals surface area contributed by atoms with Crippen molar-refractivity contribution in [3.05, 3.63) is 60.4 Å². The molecule has 4 rings (SSSR count). The summed E-state index contributed by atoms with van der Waals surface area (Å²) in [5.41, 5.74) is 3.69. The maximum Gasteiger partial charge on any atom is 0.245 e. The number of rotatable bonds is 5. The SMILES string of the molecule is CC(C(=O)N(C)Cc1cccc(-c2nn[nH]n2)c1)n1cnc2ccccc21. The summed E-state index contributed by atoms with van der Waals surface area (Å²) in [6, 6.07) is 15.2. The number of amides is 1. The molecule has 8 nitrogen and oxygen atoms in total. The van der Waals surface area contributed by atoms with E-state index in [1.165, 1.54) is 0 Å². The minimum Gasteiger partial charge on any atom is -0.340 e. The minimum absolute atomic E-state index is 0.0168. The molecular weight excluding hydrogens is 342 g/mol. The molecule has 2 aromatic heterocycles. The van der Waals surface area contributed by atoms with E-state index in [2.05, 4.69) is 25.6 Å². The summed E-state index contributed by atoms with van der Waals surface area (Å²) >= 11 is 0. The average Bonchev–Trinajstić information content (AvgIpc) is 3.37. The number of likely N-dealkylation sites (N-methyl/N-ethyl adjacent to an activating group) is 1. The van der Waals surface area contributed by atoms with E-state index in [4.69, 9.17) is 0 Å². The molecule has 0 spiro atoms. The molecule has 0 aliphatic rings. The molecule has 0 saturated carbocycles. The highest BCUT2D eigenvalue weighted by Crippen LogP contribution is 2.20. The van der Waals surface area contributed by atoms with Gasteiger partial charge >= 0.3 is 0 Å². The van der Waals surface area contributed by atoms with Gasteiger partial charge in [-0.25, -0.2) is 4.98 Å². The van der Waals surface area contributed by atoms with Crippen molar-refractivity contribution in [1.82, 2.24) is 35.1 Å². The number of tetrazole rings is 1. The van der Waals surface area contributed by atoms with Crippen molar-refractivity contribution >= 4 is 16.9 Å². The molecule has 1 N–H and O–H groups in total. The zero-order valence-electron chi connectivity index (χ0n) is 15.1. The van der Waals surface area contributed by atoms with Crippen LogP contribution >= 0.6 is 0 Å². The fraction of sp³-hybridized carbons (Fsp3) is 0.211. The second-order valence-corrected chi connectivity index (χ2v) is 6.45. The minimum atomic E-state index is -0.345. The van der Waals surface area contributed by atoms with Crippen molar-refractivity contribution in [3.8, 4) is 11.4 Å². The molecule has 2 heterocycles. The average molecular weight is 361 g/mol. The Morgan fingerprint density at radius 1 is 1.22 bits per heavy atom. The van der Waals surface area contributed by atoms with Gasteiger partial charge in [-0.05, 0) is 35.9 Å². The number of para-hydroxylation sites is 2. The van der Waals surface area contributed by atoms with E-state index in [0.29, 0.717) is 12.4 Å². The Morgan fingerprint density at radius 2 is 2.07 bits per heavy atom. The lowest BCUT2D eigenvalue weighted by molar-refractivity contribution is -0.133. The van der Waals surface area contributed by atoms with E-state index in [-0.39, 0.29) is 11.9 Å². The molecule has 136 valence electrons. The monoisotopic (exact) mass is 361 g/mol. The highest BCUT2D eigenvalue weighted by molar-refractivity contribution is 5.83. The second-order valence-electron chi connectivity index (χ2n) is 6.45. The molecule has 1 atom stereocenters. The Hall–Kier alpha value is -3.55. The number of benzene rings is 2. The van der Waals surface area contributed by atoms with Crippen LogP contribution in [0.3, 0.4) is 0 Å². The van der Waals surface area contributed by atoms with E-state index in [0.717, 1.165) is 22.2 Å². The van der Waals surface area contributed by atoms with Gasteiger partial charge in [0.05, 0.1) is 17.4 Å². The van der Waals surface area contributed by atoms with Crippen LogP contribution in [-0.4, -0.2) is 48.0 Å². The van der Waals surface area contributed by atoms with E-state index in [9.17, 15) is 4.79 Å². The molecule has 0 fully saturated rings. The molecule has 0 aliphatic heterocycles. The van der Waals surface area contributed by atoms with Crippen molar-refractivity contribution in [2.45, 2.75) is 19.5 Å². The number of hydrogen-bond donors (Lipinski definition) is 1. The Morgan fingerprint density at radius 3 is 2.89 bits per heavy atom. The number of nitrogens with zero attached hydrogens (tertiary/aromatic N) is 6. The summed E-state index contributed by atoms with van der Waals surface area (Å²) in [6.45, 7) is 2.38. The van der Waals surface area contributed by atoms with Crippen LogP contribution in [0, 0.1) is 0 Å². The quantitative estimate of drug-likeness (QED) is 0.589. The summed E-state index contributed by atoms with van der Waals surface area (Å²) in [6.07, 6.45) is 1.72. The third-order valence-electron chi connectivity index (χ3n) is 4.58. The third kappa shape index (κ3) is 3.29. The summed E-state index contributed by atoms with van der Waals surface area (Å²) in [7, 11) is 1.80. The van der Waals surface area contributed by atoms with Gasteiger partial charge in [0, 0.05) is 19.2 Å². The lowest BCUT2D eigenvalue weighted by Gasteiger charge is -2.23. The fourth-order valence-electron chi connectivity index (χ4n) is 3.17. The number of carbonyl (C=O) groups is 1. The molecule has 0 bridgehead atoms. The molecule has 1 unspecified atom stereocenters. The molecule has 2 aromatic carbocycles. The van der Waals surface area contributed by atoms with Crippen LogP contribution in [0.25, 0.3) is 22.4 Å². The van der Waals surface area contributed by atoms with Gasteiger partial charge in [-0.1, -0.05) is 30.3 Å². The van der Waals surface area contributed by atoms with Gasteiger partial charge in [0.1, 0.15) is 6.04 Å². The molecular formula is C19H19N7O. The molecule has 0 radical (unpaired) electrons. The summed E-state index contributed by atoms with van der Waals surface area (Å²) in [5, 5.41) is 14.0. The third-order valence-corrected chi connectivity index (χ3v) is 4.58. The van der Waals surface area contributed by atoms with Crippen LogP contribution in [-0.2, 0) is 11.3 Å². The summed E-state index contributed by atoms with van der Waals surface area (Å²) in [5.74, 6) is 0.548. The lowest BCUT2D eigenvalue weighted by Crippen LogP contribution is -2.32. The van der Waals surface area contributed by atoms with Crippen LogP contribution in [0.2, 0.25) is 0 Å². The van der Waals surface area contributed by atoms with Crippen LogP contribution < -0.4 is 0 Å². The zero-order chi connectivity index (χ0) is 18.8. The first-order chi connectivity index (χ1) is 13.1. The number of carbonyl (C=O) groups excluding carboxylic acids is 1. The highest BCUT2D eigenvalue weighted by Gasteiger charge is 2.21. The van der Waals surface area contributed by atoms with Crippen LogP contribution in [0.5, 0.6) is 0 Å². The smallest absolute Gasteiger partial charge is 0.245 e. The van der Waals surface area contributed by atoms with Crippen LogP contribution in [0.4, 0.5) is 0 Å². The Bertz CT molecular complexity index is 1070. The number of hydrogen-bond acceptors (Lipinski definition) is 5. The Balaban J connectivity index is 1.52. The summed E-state index contributed by atoms with van der Waals surface area (Å²) < 4.78 is 1.91. The predicted octanol–water partition coefficient (Wildman–Crippen LogP) is 2.44. The van der Waals surface area contributed by atoms with Gasteiger partial charge in [-0.15, -0.1) is 10.2 Å². The molecule has 27 heavy (non-hydrogen) atoms.